The van der Waals surface area contributed by atoms with Crippen molar-refractivity contribution in [1.82, 2.24) is 10.2 Å². The van der Waals surface area contributed by atoms with Gasteiger partial charge in [-0.25, -0.2) is 0 Å². The zero-order valence-electron chi connectivity index (χ0n) is 15.9. The Bertz CT molecular complexity index is 647. The van der Waals surface area contributed by atoms with Crippen LogP contribution in [0.4, 0.5) is 0 Å². The number of nitrogens with zero attached hydrogens (tertiary/aromatic N) is 1. The fourth-order valence-electron chi connectivity index (χ4n) is 3.05. The van der Waals surface area contributed by atoms with Gasteiger partial charge in [-0.3, -0.25) is 4.90 Å². The van der Waals surface area contributed by atoms with Crippen molar-refractivity contribution in [3.05, 3.63) is 59.7 Å². The molecule has 0 spiro atoms. The van der Waals surface area contributed by atoms with Crippen molar-refractivity contribution in [1.29, 1.82) is 0 Å². The lowest BCUT2D eigenvalue weighted by Gasteiger charge is -2.27. The summed E-state index contributed by atoms with van der Waals surface area (Å²) in [7, 11) is 0. The van der Waals surface area contributed by atoms with Crippen LogP contribution >= 0.6 is 24.8 Å². The minimum Gasteiger partial charge on any atom is -0.494 e. The first-order chi connectivity index (χ1) is 12.3. The van der Waals surface area contributed by atoms with Gasteiger partial charge in [0.1, 0.15) is 11.5 Å². The Labute approximate surface area is 175 Å². The molecule has 1 aliphatic rings. The van der Waals surface area contributed by atoms with E-state index in [9.17, 15) is 0 Å². The Hall–Kier alpha value is -1.46. The summed E-state index contributed by atoms with van der Waals surface area (Å²) in [6.45, 7) is 8.84. The van der Waals surface area contributed by atoms with Crippen LogP contribution in [0.2, 0.25) is 0 Å². The SMILES string of the molecule is CCOc1cccc(OCCc2ccc(CN3CCNCC3)cc2)c1.Cl.Cl. The second-order valence-corrected chi connectivity index (χ2v) is 6.35. The van der Waals surface area contributed by atoms with Crippen LogP contribution in [-0.2, 0) is 13.0 Å². The lowest BCUT2D eigenvalue weighted by atomic mass is 10.1. The summed E-state index contributed by atoms with van der Waals surface area (Å²) in [5.41, 5.74) is 2.70. The molecule has 27 heavy (non-hydrogen) atoms. The van der Waals surface area contributed by atoms with E-state index < -0.39 is 0 Å². The molecule has 0 aliphatic carbocycles. The maximum Gasteiger partial charge on any atom is 0.122 e. The molecule has 3 rings (SSSR count). The minimum absolute atomic E-state index is 0. The van der Waals surface area contributed by atoms with Gasteiger partial charge in [-0.15, -0.1) is 24.8 Å². The van der Waals surface area contributed by atoms with Gasteiger partial charge in [-0.1, -0.05) is 30.3 Å². The predicted molar refractivity (Wildman–Crippen MR) is 116 cm³/mol. The zero-order chi connectivity index (χ0) is 17.3. The van der Waals surface area contributed by atoms with Gasteiger partial charge in [-0.05, 0) is 30.2 Å². The Morgan fingerprint density at radius 3 is 2.19 bits per heavy atom. The monoisotopic (exact) mass is 412 g/mol. The standard InChI is InChI=1S/C21H28N2O2.2ClH/c1-2-24-20-4-3-5-21(16-20)25-15-10-18-6-8-19(9-7-18)17-23-13-11-22-12-14-23;;/h3-9,16,22H,2,10-15,17H2,1H3;2*1H. The van der Waals surface area contributed by atoms with Gasteiger partial charge >= 0.3 is 0 Å². The number of piperazine rings is 1. The van der Waals surface area contributed by atoms with Crippen LogP contribution in [0, 0.1) is 0 Å². The van der Waals surface area contributed by atoms with Crippen molar-refractivity contribution in [2.75, 3.05) is 39.4 Å². The lowest BCUT2D eigenvalue weighted by molar-refractivity contribution is 0.233. The van der Waals surface area contributed by atoms with Crippen LogP contribution < -0.4 is 14.8 Å². The number of ether oxygens (including phenoxy) is 2. The molecule has 1 saturated heterocycles. The number of hydrogen-bond donors (Lipinski definition) is 1. The average Bonchev–Trinajstić information content (AvgIpc) is 2.65. The van der Waals surface area contributed by atoms with E-state index >= 15 is 0 Å². The molecule has 0 atom stereocenters. The van der Waals surface area contributed by atoms with E-state index in [1.165, 1.54) is 11.1 Å². The molecule has 1 heterocycles. The van der Waals surface area contributed by atoms with Crippen molar-refractivity contribution in [3.63, 3.8) is 0 Å². The molecule has 0 saturated carbocycles. The summed E-state index contributed by atoms with van der Waals surface area (Å²) in [6.07, 6.45) is 0.910. The Balaban J connectivity index is 0.00000182. The van der Waals surface area contributed by atoms with Crippen molar-refractivity contribution in [2.24, 2.45) is 0 Å². The van der Waals surface area contributed by atoms with Gasteiger partial charge in [0.25, 0.3) is 0 Å². The molecule has 0 aromatic heterocycles. The number of nitrogens with one attached hydrogen (secondary N) is 1. The van der Waals surface area contributed by atoms with Crippen molar-refractivity contribution in [2.45, 2.75) is 19.9 Å². The van der Waals surface area contributed by atoms with E-state index in [-0.39, 0.29) is 24.8 Å². The molecule has 1 aliphatic heterocycles. The average molecular weight is 413 g/mol. The smallest absolute Gasteiger partial charge is 0.122 e. The van der Waals surface area contributed by atoms with E-state index in [2.05, 4.69) is 34.5 Å². The maximum atomic E-state index is 5.85. The van der Waals surface area contributed by atoms with Crippen LogP contribution in [0.25, 0.3) is 0 Å². The summed E-state index contributed by atoms with van der Waals surface area (Å²) < 4.78 is 11.4. The minimum atomic E-state index is 0. The Morgan fingerprint density at radius 1 is 0.889 bits per heavy atom. The summed E-state index contributed by atoms with van der Waals surface area (Å²) in [6, 6.07) is 16.8. The summed E-state index contributed by atoms with van der Waals surface area (Å²) in [5.74, 6) is 1.72. The molecular formula is C21H30Cl2N2O2. The molecule has 0 bridgehead atoms. The van der Waals surface area contributed by atoms with Crippen molar-refractivity contribution in [3.8, 4) is 11.5 Å². The number of halogens is 2. The van der Waals surface area contributed by atoms with Crippen LogP contribution in [0.15, 0.2) is 48.5 Å². The van der Waals surface area contributed by atoms with Gasteiger partial charge in [0.2, 0.25) is 0 Å². The summed E-state index contributed by atoms with van der Waals surface area (Å²) >= 11 is 0. The zero-order valence-corrected chi connectivity index (χ0v) is 17.5. The fourth-order valence-corrected chi connectivity index (χ4v) is 3.05. The molecule has 150 valence electrons. The van der Waals surface area contributed by atoms with Crippen LogP contribution in [0.5, 0.6) is 11.5 Å². The molecule has 0 amide bonds. The van der Waals surface area contributed by atoms with Gasteiger partial charge in [0, 0.05) is 45.2 Å². The van der Waals surface area contributed by atoms with Crippen LogP contribution in [-0.4, -0.2) is 44.3 Å². The first kappa shape index (κ1) is 23.6. The lowest BCUT2D eigenvalue weighted by Crippen LogP contribution is -2.42. The highest BCUT2D eigenvalue weighted by atomic mass is 35.5. The van der Waals surface area contributed by atoms with E-state index in [1.54, 1.807) is 0 Å². The highest BCUT2D eigenvalue weighted by Gasteiger charge is 2.09. The predicted octanol–water partition coefficient (Wildman–Crippen LogP) is 3.96. The number of hydrogen-bond acceptors (Lipinski definition) is 4. The number of rotatable bonds is 8. The van der Waals surface area contributed by atoms with E-state index in [0.717, 1.165) is 50.6 Å². The summed E-state index contributed by atoms with van der Waals surface area (Å²) in [4.78, 5) is 2.50. The molecule has 1 fully saturated rings. The molecule has 6 heteroatoms. The second kappa shape index (κ2) is 12.8. The van der Waals surface area contributed by atoms with Gasteiger partial charge in [-0.2, -0.15) is 0 Å². The molecule has 2 aromatic carbocycles. The fraction of sp³-hybridized carbons (Fsp3) is 0.429. The molecular weight excluding hydrogens is 383 g/mol. The first-order valence-corrected chi connectivity index (χ1v) is 9.20. The topological polar surface area (TPSA) is 33.7 Å². The molecule has 2 aromatic rings. The molecule has 1 N–H and O–H groups in total. The molecule has 0 unspecified atom stereocenters. The van der Waals surface area contributed by atoms with E-state index in [4.69, 9.17) is 9.47 Å². The van der Waals surface area contributed by atoms with Crippen molar-refractivity contribution < 1.29 is 9.47 Å². The van der Waals surface area contributed by atoms with Crippen LogP contribution in [0.3, 0.4) is 0 Å². The van der Waals surface area contributed by atoms with Crippen molar-refractivity contribution >= 4 is 24.8 Å². The second-order valence-electron chi connectivity index (χ2n) is 6.35. The Kier molecular flexibility index (Phi) is 11.2. The van der Waals surface area contributed by atoms with Gasteiger partial charge in [0.05, 0.1) is 13.2 Å². The number of benzene rings is 2. The third-order valence-electron chi connectivity index (χ3n) is 4.41. The van der Waals surface area contributed by atoms with E-state index in [0.29, 0.717) is 13.2 Å². The van der Waals surface area contributed by atoms with Crippen LogP contribution in [0.1, 0.15) is 18.1 Å². The first-order valence-electron chi connectivity index (χ1n) is 9.20. The van der Waals surface area contributed by atoms with Gasteiger partial charge < -0.3 is 14.8 Å². The highest BCUT2D eigenvalue weighted by Crippen LogP contribution is 2.19. The largest absolute Gasteiger partial charge is 0.494 e. The van der Waals surface area contributed by atoms with Gasteiger partial charge in [0.15, 0.2) is 0 Å². The third-order valence-corrected chi connectivity index (χ3v) is 4.41. The third kappa shape index (κ3) is 7.97. The van der Waals surface area contributed by atoms with E-state index in [1.807, 2.05) is 31.2 Å². The normalized spacial score (nSPS) is 14.0. The molecule has 4 nitrogen and oxygen atoms in total. The summed E-state index contributed by atoms with van der Waals surface area (Å²) in [5, 5.41) is 3.39. The quantitative estimate of drug-likeness (QED) is 0.711. The maximum absolute atomic E-state index is 5.85. The Morgan fingerprint density at radius 2 is 1.52 bits per heavy atom. The highest BCUT2D eigenvalue weighted by molar-refractivity contribution is 5.85. The molecule has 0 radical (unpaired) electrons.